The van der Waals surface area contributed by atoms with E-state index in [0.29, 0.717) is 17.4 Å². The van der Waals surface area contributed by atoms with E-state index in [0.717, 1.165) is 22.6 Å². The van der Waals surface area contributed by atoms with Gasteiger partial charge in [-0.05, 0) is 32.4 Å². The first-order valence-electron chi connectivity index (χ1n) is 8.00. The standard InChI is InChI=1S/C18H18N6S/c1-11-9-12(2)24-17(20-11)22-16(23-24)18(3,25)15-19-10-14(21-15)13-7-5-4-6-8-13/h4-10,25H,1-3H3,(H,19,21). The number of aryl methyl sites for hydroxylation is 2. The van der Waals surface area contributed by atoms with Gasteiger partial charge in [-0.1, -0.05) is 30.3 Å². The molecule has 0 aliphatic carbocycles. The minimum atomic E-state index is -0.763. The maximum absolute atomic E-state index is 4.80. The van der Waals surface area contributed by atoms with E-state index >= 15 is 0 Å². The predicted octanol–water partition coefficient (Wildman–Crippen LogP) is 3.32. The number of nitrogens with one attached hydrogen (secondary N) is 1. The number of rotatable bonds is 3. The molecule has 3 heterocycles. The van der Waals surface area contributed by atoms with Crippen LogP contribution >= 0.6 is 12.6 Å². The van der Waals surface area contributed by atoms with Crippen LogP contribution in [0.4, 0.5) is 0 Å². The van der Waals surface area contributed by atoms with Crippen molar-refractivity contribution in [2.45, 2.75) is 25.5 Å². The zero-order chi connectivity index (χ0) is 17.6. The van der Waals surface area contributed by atoms with Crippen molar-refractivity contribution in [3.63, 3.8) is 0 Å². The van der Waals surface area contributed by atoms with Crippen molar-refractivity contribution in [2.24, 2.45) is 0 Å². The van der Waals surface area contributed by atoms with Crippen LogP contribution in [0.3, 0.4) is 0 Å². The number of thiol groups is 1. The van der Waals surface area contributed by atoms with Crippen molar-refractivity contribution in [3.05, 3.63) is 65.6 Å². The summed E-state index contributed by atoms with van der Waals surface area (Å²) in [5.74, 6) is 1.83. The fourth-order valence-corrected chi connectivity index (χ4v) is 3.02. The Kier molecular flexibility index (Phi) is 3.61. The van der Waals surface area contributed by atoms with Gasteiger partial charge in [0.25, 0.3) is 5.78 Å². The Bertz CT molecular complexity index is 1050. The molecule has 0 bridgehead atoms. The largest absolute Gasteiger partial charge is 0.340 e. The van der Waals surface area contributed by atoms with Crippen LogP contribution in [0, 0.1) is 13.8 Å². The van der Waals surface area contributed by atoms with Crippen molar-refractivity contribution < 1.29 is 0 Å². The maximum atomic E-state index is 4.80. The lowest BCUT2D eigenvalue weighted by Crippen LogP contribution is -2.20. The molecule has 0 aliphatic rings. The number of H-pyrrole nitrogens is 1. The summed E-state index contributed by atoms with van der Waals surface area (Å²) in [5.41, 5.74) is 3.90. The zero-order valence-corrected chi connectivity index (χ0v) is 15.1. The molecule has 6 nitrogen and oxygen atoms in total. The van der Waals surface area contributed by atoms with E-state index in [-0.39, 0.29) is 0 Å². The third kappa shape index (κ3) is 2.70. The fourth-order valence-electron chi connectivity index (χ4n) is 2.81. The van der Waals surface area contributed by atoms with Crippen LogP contribution in [0.2, 0.25) is 0 Å². The summed E-state index contributed by atoms with van der Waals surface area (Å²) in [6.07, 6.45) is 1.81. The Morgan fingerprint density at radius 2 is 1.88 bits per heavy atom. The highest BCUT2D eigenvalue weighted by molar-refractivity contribution is 7.81. The van der Waals surface area contributed by atoms with Gasteiger partial charge in [-0.2, -0.15) is 17.6 Å². The molecule has 0 amide bonds. The van der Waals surface area contributed by atoms with Gasteiger partial charge in [0.1, 0.15) is 10.6 Å². The summed E-state index contributed by atoms with van der Waals surface area (Å²) in [6.45, 7) is 5.86. The predicted molar refractivity (Wildman–Crippen MR) is 99.7 cm³/mol. The second kappa shape index (κ2) is 5.70. The molecule has 4 rings (SSSR count). The van der Waals surface area contributed by atoms with Gasteiger partial charge in [0, 0.05) is 11.4 Å². The number of aromatic nitrogens is 6. The quantitative estimate of drug-likeness (QED) is 0.556. The minimum absolute atomic E-state index is 0.561. The number of fused-ring (bicyclic) bond motifs is 1. The molecule has 0 radical (unpaired) electrons. The molecule has 0 saturated carbocycles. The summed E-state index contributed by atoms with van der Waals surface area (Å²) < 4.78 is 0.971. The lowest BCUT2D eigenvalue weighted by atomic mass is 10.1. The molecule has 126 valence electrons. The summed E-state index contributed by atoms with van der Waals surface area (Å²) in [4.78, 5) is 16.9. The molecule has 1 atom stereocenters. The van der Waals surface area contributed by atoms with E-state index in [1.165, 1.54) is 0 Å². The second-order valence-electron chi connectivity index (χ2n) is 6.27. The number of hydrogen-bond acceptors (Lipinski definition) is 5. The van der Waals surface area contributed by atoms with Crippen LogP contribution in [0.5, 0.6) is 0 Å². The summed E-state index contributed by atoms with van der Waals surface area (Å²) in [5, 5.41) is 4.59. The maximum Gasteiger partial charge on any atom is 0.252 e. The monoisotopic (exact) mass is 350 g/mol. The summed E-state index contributed by atoms with van der Waals surface area (Å²) in [7, 11) is 0. The van der Waals surface area contributed by atoms with Gasteiger partial charge in [-0.3, -0.25) is 0 Å². The highest BCUT2D eigenvalue weighted by atomic mass is 32.1. The highest BCUT2D eigenvalue weighted by Gasteiger charge is 2.33. The SMILES string of the molecule is Cc1cc(C)n2nc(C(C)(S)c3ncc(-c4ccccc4)[nH]3)nc2n1. The number of imidazole rings is 1. The Labute approximate surface area is 150 Å². The van der Waals surface area contributed by atoms with E-state index in [4.69, 9.17) is 12.6 Å². The van der Waals surface area contributed by atoms with Gasteiger partial charge >= 0.3 is 0 Å². The van der Waals surface area contributed by atoms with Gasteiger partial charge in [-0.25, -0.2) is 14.5 Å². The molecule has 0 saturated heterocycles. The number of hydrogen-bond donors (Lipinski definition) is 2. The average Bonchev–Trinajstić information content (AvgIpc) is 3.23. The lowest BCUT2D eigenvalue weighted by molar-refractivity contribution is 0.705. The Hall–Kier alpha value is -2.67. The molecular weight excluding hydrogens is 332 g/mol. The molecule has 7 heteroatoms. The van der Waals surface area contributed by atoms with Gasteiger partial charge in [0.2, 0.25) is 0 Å². The van der Waals surface area contributed by atoms with E-state index in [9.17, 15) is 0 Å². The van der Waals surface area contributed by atoms with E-state index < -0.39 is 4.75 Å². The second-order valence-corrected chi connectivity index (χ2v) is 7.16. The molecule has 1 unspecified atom stereocenters. The minimum Gasteiger partial charge on any atom is -0.340 e. The first-order valence-corrected chi connectivity index (χ1v) is 8.44. The molecule has 25 heavy (non-hydrogen) atoms. The molecular formula is C18H18N6S. The van der Waals surface area contributed by atoms with Crippen LogP contribution in [0.1, 0.15) is 30.0 Å². The Balaban J connectivity index is 1.77. The normalized spacial score (nSPS) is 13.9. The summed E-state index contributed by atoms with van der Waals surface area (Å²) >= 11 is 4.80. The molecule has 4 aromatic rings. The van der Waals surface area contributed by atoms with E-state index in [1.807, 2.05) is 63.4 Å². The van der Waals surface area contributed by atoms with Crippen molar-refractivity contribution in [2.75, 3.05) is 0 Å². The van der Waals surface area contributed by atoms with Crippen LogP contribution in [0.15, 0.2) is 42.6 Å². The number of benzene rings is 1. The lowest BCUT2D eigenvalue weighted by Gasteiger charge is -2.16. The van der Waals surface area contributed by atoms with Crippen LogP contribution in [-0.4, -0.2) is 29.5 Å². The smallest absolute Gasteiger partial charge is 0.252 e. The first kappa shape index (κ1) is 15.8. The van der Waals surface area contributed by atoms with Crippen LogP contribution in [-0.2, 0) is 4.75 Å². The Morgan fingerprint density at radius 3 is 2.64 bits per heavy atom. The number of aromatic amines is 1. The van der Waals surface area contributed by atoms with E-state index in [2.05, 4.69) is 25.0 Å². The average molecular weight is 350 g/mol. The third-order valence-electron chi connectivity index (χ3n) is 4.18. The van der Waals surface area contributed by atoms with E-state index in [1.54, 1.807) is 4.52 Å². The van der Waals surface area contributed by atoms with Crippen molar-refractivity contribution in [1.82, 2.24) is 29.5 Å². The zero-order valence-electron chi connectivity index (χ0n) is 14.2. The molecule has 3 aromatic heterocycles. The molecule has 0 spiro atoms. The van der Waals surface area contributed by atoms with Crippen molar-refractivity contribution in [3.8, 4) is 11.3 Å². The van der Waals surface area contributed by atoms with Crippen LogP contribution in [0.25, 0.3) is 17.0 Å². The fraction of sp³-hybridized carbons (Fsp3) is 0.222. The number of nitrogens with zero attached hydrogens (tertiary/aromatic N) is 5. The van der Waals surface area contributed by atoms with Crippen molar-refractivity contribution >= 4 is 18.4 Å². The van der Waals surface area contributed by atoms with Gasteiger partial charge in [0.05, 0.1) is 11.9 Å². The van der Waals surface area contributed by atoms with Gasteiger partial charge in [-0.15, -0.1) is 5.10 Å². The topological polar surface area (TPSA) is 71.8 Å². The Morgan fingerprint density at radius 1 is 1.12 bits per heavy atom. The molecule has 1 N–H and O–H groups in total. The first-order chi connectivity index (χ1) is 11.9. The molecule has 0 fully saturated rings. The summed E-state index contributed by atoms with van der Waals surface area (Å²) in [6, 6.07) is 12.0. The molecule has 0 aliphatic heterocycles. The van der Waals surface area contributed by atoms with Gasteiger partial charge in [0.15, 0.2) is 5.82 Å². The van der Waals surface area contributed by atoms with Crippen LogP contribution < -0.4 is 0 Å². The third-order valence-corrected chi connectivity index (χ3v) is 4.59. The van der Waals surface area contributed by atoms with Gasteiger partial charge < -0.3 is 4.98 Å². The van der Waals surface area contributed by atoms with Crippen molar-refractivity contribution in [1.29, 1.82) is 0 Å². The molecule has 1 aromatic carbocycles. The highest BCUT2D eigenvalue weighted by Crippen LogP contribution is 2.33.